The third-order valence-corrected chi connectivity index (χ3v) is 6.34. The zero-order valence-electron chi connectivity index (χ0n) is 18.2. The summed E-state index contributed by atoms with van der Waals surface area (Å²) in [6.07, 6.45) is -0.0718. The highest BCUT2D eigenvalue weighted by Crippen LogP contribution is 2.44. The van der Waals surface area contributed by atoms with Gasteiger partial charge in [-0.2, -0.15) is 0 Å². The Labute approximate surface area is 187 Å². The molecule has 7 nitrogen and oxygen atoms in total. The Morgan fingerprint density at radius 2 is 1.62 bits per heavy atom. The molecule has 2 unspecified atom stereocenters. The Kier molecular flexibility index (Phi) is 6.17. The van der Waals surface area contributed by atoms with E-state index in [1.54, 1.807) is 0 Å². The lowest BCUT2D eigenvalue weighted by molar-refractivity contribution is -0.139. The lowest BCUT2D eigenvalue weighted by Gasteiger charge is -2.22. The Morgan fingerprint density at radius 1 is 1.03 bits per heavy atom. The van der Waals surface area contributed by atoms with E-state index in [1.807, 2.05) is 50.2 Å². The molecule has 7 heteroatoms. The molecule has 0 aromatic heterocycles. The highest BCUT2D eigenvalue weighted by atomic mass is 16.5. The van der Waals surface area contributed by atoms with E-state index in [1.165, 1.54) is 0 Å². The van der Waals surface area contributed by atoms with Crippen molar-refractivity contribution in [2.24, 2.45) is 17.8 Å². The Bertz CT molecular complexity index is 989. The van der Waals surface area contributed by atoms with Gasteiger partial charge in [-0.1, -0.05) is 62.4 Å². The van der Waals surface area contributed by atoms with Crippen LogP contribution in [0.2, 0.25) is 0 Å². The molecular formula is C25H28N2O5. The molecule has 2 aliphatic rings. The van der Waals surface area contributed by atoms with Crippen molar-refractivity contribution in [2.45, 2.75) is 32.2 Å². The number of alkyl carbamates (subject to hydrolysis) is 1. The summed E-state index contributed by atoms with van der Waals surface area (Å²) in [5.74, 6) is -1.79. The average Bonchev–Trinajstić information content (AvgIpc) is 3.50. The van der Waals surface area contributed by atoms with Crippen molar-refractivity contribution in [3.8, 4) is 11.1 Å². The van der Waals surface area contributed by atoms with Gasteiger partial charge in [-0.15, -0.1) is 0 Å². The zero-order valence-corrected chi connectivity index (χ0v) is 18.2. The summed E-state index contributed by atoms with van der Waals surface area (Å²) >= 11 is 0. The van der Waals surface area contributed by atoms with E-state index in [9.17, 15) is 14.4 Å². The number of amides is 2. The number of aliphatic carboxylic acids is 1. The van der Waals surface area contributed by atoms with Crippen molar-refractivity contribution >= 4 is 18.0 Å². The van der Waals surface area contributed by atoms with Gasteiger partial charge in [0.25, 0.3) is 0 Å². The fourth-order valence-corrected chi connectivity index (χ4v) is 4.42. The minimum Gasteiger partial charge on any atom is -0.481 e. The third-order valence-electron chi connectivity index (χ3n) is 6.34. The molecule has 0 saturated heterocycles. The largest absolute Gasteiger partial charge is 0.481 e. The maximum absolute atomic E-state index is 12.6. The molecule has 2 amide bonds. The second-order valence-electron chi connectivity index (χ2n) is 8.88. The second kappa shape index (κ2) is 9.02. The average molecular weight is 437 g/mol. The predicted octanol–water partition coefficient (Wildman–Crippen LogP) is 3.39. The lowest BCUT2D eigenvalue weighted by atomic mass is 9.98. The van der Waals surface area contributed by atoms with Crippen molar-refractivity contribution in [3.63, 3.8) is 0 Å². The summed E-state index contributed by atoms with van der Waals surface area (Å²) in [7, 11) is 0. The van der Waals surface area contributed by atoms with Crippen LogP contribution in [0, 0.1) is 17.8 Å². The SMILES string of the molecule is CC(C)[C@H](NC(=O)OCC1c2ccccc2-c2ccccc21)C(=O)NCC1CC1C(=O)O. The van der Waals surface area contributed by atoms with Crippen molar-refractivity contribution < 1.29 is 24.2 Å². The summed E-state index contributed by atoms with van der Waals surface area (Å²) in [5.41, 5.74) is 4.54. The number of benzene rings is 2. The van der Waals surface area contributed by atoms with Gasteiger partial charge >= 0.3 is 12.1 Å². The van der Waals surface area contributed by atoms with Gasteiger partial charge in [0.2, 0.25) is 5.91 Å². The number of carbonyl (C=O) groups excluding carboxylic acids is 2. The van der Waals surface area contributed by atoms with E-state index in [2.05, 4.69) is 22.8 Å². The minimum atomic E-state index is -0.832. The molecule has 3 atom stereocenters. The minimum absolute atomic E-state index is 0.0429. The molecule has 2 aliphatic carbocycles. The van der Waals surface area contributed by atoms with Gasteiger partial charge in [0.15, 0.2) is 0 Å². The van der Waals surface area contributed by atoms with E-state index in [0.717, 1.165) is 22.3 Å². The molecule has 3 N–H and O–H groups in total. The van der Waals surface area contributed by atoms with Crippen LogP contribution in [-0.2, 0) is 14.3 Å². The molecule has 2 aromatic rings. The van der Waals surface area contributed by atoms with Gasteiger partial charge in [0.05, 0.1) is 5.92 Å². The van der Waals surface area contributed by atoms with Crippen LogP contribution in [-0.4, -0.2) is 42.3 Å². The van der Waals surface area contributed by atoms with Gasteiger partial charge in [-0.25, -0.2) is 4.79 Å². The van der Waals surface area contributed by atoms with E-state index in [4.69, 9.17) is 9.84 Å². The van der Waals surface area contributed by atoms with Gasteiger partial charge in [-0.3, -0.25) is 9.59 Å². The molecule has 168 valence electrons. The fourth-order valence-electron chi connectivity index (χ4n) is 4.42. The van der Waals surface area contributed by atoms with Crippen LogP contribution >= 0.6 is 0 Å². The molecule has 0 aliphatic heterocycles. The first-order valence-electron chi connectivity index (χ1n) is 11.0. The van der Waals surface area contributed by atoms with Crippen LogP contribution in [0.1, 0.15) is 37.3 Å². The summed E-state index contributed by atoms with van der Waals surface area (Å²) in [4.78, 5) is 36.1. The predicted molar refractivity (Wildman–Crippen MR) is 119 cm³/mol. The normalized spacial score (nSPS) is 19.6. The van der Waals surface area contributed by atoms with Gasteiger partial charge < -0.3 is 20.5 Å². The Hall–Kier alpha value is -3.35. The van der Waals surface area contributed by atoms with Gasteiger partial charge in [-0.05, 0) is 40.5 Å². The van der Waals surface area contributed by atoms with E-state index < -0.39 is 18.1 Å². The number of rotatable bonds is 8. The van der Waals surface area contributed by atoms with E-state index in [-0.39, 0.29) is 36.2 Å². The van der Waals surface area contributed by atoms with Crippen LogP contribution in [0.15, 0.2) is 48.5 Å². The number of carboxylic acids is 1. The standard InChI is InChI=1S/C25H28N2O5/c1-14(2)22(23(28)26-12-15-11-20(15)24(29)30)27-25(31)32-13-21-18-9-5-3-7-16(18)17-8-4-6-10-19(17)21/h3-10,14-15,20-22H,11-13H2,1-2H3,(H,26,28)(H,27,31)(H,29,30)/t15?,20?,22-/m0/s1. The Morgan fingerprint density at radius 3 is 2.16 bits per heavy atom. The van der Waals surface area contributed by atoms with Crippen LogP contribution in [0.5, 0.6) is 0 Å². The molecule has 1 saturated carbocycles. The maximum atomic E-state index is 12.6. The monoisotopic (exact) mass is 436 g/mol. The van der Waals surface area contributed by atoms with Crippen molar-refractivity contribution in [3.05, 3.63) is 59.7 Å². The van der Waals surface area contributed by atoms with Gasteiger partial charge in [0.1, 0.15) is 12.6 Å². The molecule has 1 fully saturated rings. The first kappa shape index (κ1) is 21.9. The fraction of sp³-hybridized carbons (Fsp3) is 0.400. The van der Waals surface area contributed by atoms with Crippen molar-refractivity contribution in [1.29, 1.82) is 0 Å². The Balaban J connectivity index is 1.34. The second-order valence-corrected chi connectivity index (χ2v) is 8.88. The first-order valence-corrected chi connectivity index (χ1v) is 11.0. The topological polar surface area (TPSA) is 105 Å². The summed E-state index contributed by atoms with van der Waals surface area (Å²) in [6.45, 7) is 4.15. The number of nitrogens with one attached hydrogen (secondary N) is 2. The summed E-state index contributed by atoms with van der Waals surface area (Å²) in [6, 6.07) is 15.4. The third kappa shape index (κ3) is 4.47. The van der Waals surface area contributed by atoms with Crippen molar-refractivity contribution in [1.82, 2.24) is 10.6 Å². The number of hydrogen-bond acceptors (Lipinski definition) is 4. The van der Waals surface area contributed by atoms with Crippen LogP contribution in [0.4, 0.5) is 4.79 Å². The summed E-state index contributed by atoms with van der Waals surface area (Å²) < 4.78 is 5.55. The quantitative estimate of drug-likeness (QED) is 0.588. The van der Waals surface area contributed by atoms with E-state index >= 15 is 0 Å². The molecule has 0 heterocycles. The smallest absolute Gasteiger partial charge is 0.407 e. The lowest BCUT2D eigenvalue weighted by Crippen LogP contribution is -2.50. The maximum Gasteiger partial charge on any atom is 0.407 e. The zero-order chi connectivity index (χ0) is 22.8. The van der Waals surface area contributed by atoms with Crippen LogP contribution in [0.3, 0.4) is 0 Å². The molecule has 0 radical (unpaired) electrons. The molecule has 0 spiro atoms. The molecule has 4 rings (SSSR count). The van der Waals surface area contributed by atoms with Crippen molar-refractivity contribution in [2.75, 3.05) is 13.2 Å². The number of hydrogen-bond donors (Lipinski definition) is 3. The molecule has 2 aromatic carbocycles. The van der Waals surface area contributed by atoms with Crippen LogP contribution < -0.4 is 10.6 Å². The highest BCUT2D eigenvalue weighted by molar-refractivity contribution is 5.86. The summed E-state index contributed by atoms with van der Waals surface area (Å²) in [5, 5.41) is 14.4. The number of carbonyl (C=O) groups is 3. The van der Waals surface area contributed by atoms with Gasteiger partial charge in [0, 0.05) is 12.5 Å². The number of ether oxygens (including phenoxy) is 1. The first-order chi connectivity index (χ1) is 15.4. The van der Waals surface area contributed by atoms with Crippen LogP contribution in [0.25, 0.3) is 11.1 Å². The molecule has 0 bridgehead atoms. The number of fused-ring (bicyclic) bond motifs is 3. The molecular weight excluding hydrogens is 408 g/mol. The van der Waals surface area contributed by atoms with E-state index in [0.29, 0.717) is 13.0 Å². The highest BCUT2D eigenvalue weighted by Gasteiger charge is 2.43. The molecule has 32 heavy (non-hydrogen) atoms. The number of carboxylic acid groups (broad SMARTS) is 1.